The number of nitrogens with one attached hydrogen (secondary N) is 1. The highest BCUT2D eigenvalue weighted by Crippen LogP contribution is 2.24. The molecule has 0 atom stereocenters. The van der Waals surface area contributed by atoms with Crippen molar-refractivity contribution in [2.45, 2.75) is 0 Å². The Bertz CT molecular complexity index is 617. The number of carbonyl (C=O) groups excluding carboxylic acids is 1. The van der Waals surface area contributed by atoms with Crippen LogP contribution in [0.15, 0.2) is 41.1 Å². The number of aromatic nitrogens is 1. The average molecular weight is 322 g/mol. The number of hydrogen-bond acceptors (Lipinski definition) is 4. The van der Waals surface area contributed by atoms with Crippen LogP contribution in [0.5, 0.6) is 5.75 Å². The van der Waals surface area contributed by atoms with Crippen LogP contribution in [0.4, 0.5) is 11.4 Å². The predicted molar refractivity (Wildman–Crippen MR) is 77.3 cm³/mol. The zero-order valence-corrected chi connectivity index (χ0v) is 11.8. The van der Waals surface area contributed by atoms with E-state index >= 15 is 0 Å². The lowest BCUT2D eigenvalue weighted by molar-refractivity contribution is 0.102. The Morgan fingerprint density at radius 1 is 1.42 bits per heavy atom. The van der Waals surface area contributed by atoms with Crippen LogP contribution < -0.4 is 15.8 Å². The highest BCUT2D eigenvalue weighted by Gasteiger charge is 2.12. The van der Waals surface area contributed by atoms with Crippen LogP contribution in [0.25, 0.3) is 0 Å². The summed E-state index contributed by atoms with van der Waals surface area (Å²) >= 11 is 3.31. The van der Waals surface area contributed by atoms with E-state index in [1.165, 1.54) is 7.11 Å². The van der Waals surface area contributed by atoms with Crippen LogP contribution in [-0.4, -0.2) is 18.0 Å². The van der Waals surface area contributed by atoms with Gasteiger partial charge in [0, 0.05) is 18.1 Å². The Morgan fingerprint density at radius 2 is 2.21 bits per heavy atom. The molecule has 0 saturated carbocycles. The summed E-state index contributed by atoms with van der Waals surface area (Å²) in [5.41, 5.74) is 7.18. The fourth-order valence-corrected chi connectivity index (χ4v) is 1.87. The lowest BCUT2D eigenvalue weighted by atomic mass is 10.1. The van der Waals surface area contributed by atoms with Crippen molar-refractivity contribution in [3.63, 3.8) is 0 Å². The number of pyridine rings is 1. The molecule has 0 spiro atoms. The number of nitrogens with two attached hydrogens (primary N) is 1. The van der Waals surface area contributed by atoms with Crippen LogP contribution in [0.1, 0.15) is 10.4 Å². The van der Waals surface area contributed by atoms with E-state index < -0.39 is 0 Å². The molecule has 5 nitrogen and oxygen atoms in total. The molecule has 0 aliphatic heterocycles. The number of anilines is 2. The van der Waals surface area contributed by atoms with E-state index in [0.29, 0.717) is 27.2 Å². The van der Waals surface area contributed by atoms with Gasteiger partial charge in [0.05, 0.1) is 22.8 Å². The molecule has 98 valence electrons. The number of nitrogens with zero attached hydrogens (tertiary/aromatic N) is 1. The summed E-state index contributed by atoms with van der Waals surface area (Å²) in [6, 6.07) is 6.63. The van der Waals surface area contributed by atoms with Crippen molar-refractivity contribution in [1.82, 2.24) is 4.98 Å². The summed E-state index contributed by atoms with van der Waals surface area (Å²) in [7, 11) is 1.53. The summed E-state index contributed by atoms with van der Waals surface area (Å²) in [5.74, 6) is 0.274. The molecule has 2 rings (SSSR count). The van der Waals surface area contributed by atoms with Gasteiger partial charge in [-0.1, -0.05) is 0 Å². The van der Waals surface area contributed by atoms with Gasteiger partial charge in [0.25, 0.3) is 5.91 Å². The second kappa shape index (κ2) is 5.71. The van der Waals surface area contributed by atoms with Crippen molar-refractivity contribution in [3.05, 3.63) is 46.7 Å². The molecule has 1 aromatic heterocycles. The van der Waals surface area contributed by atoms with Gasteiger partial charge in [-0.15, -0.1) is 0 Å². The molecule has 0 fully saturated rings. The number of methoxy groups -OCH3 is 1. The van der Waals surface area contributed by atoms with Gasteiger partial charge in [-0.3, -0.25) is 9.78 Å². The molecule has 1 amide bonds. The summed E-state index contributed by atoms with van der Waals surface area (Å²) in [4.78, 5) is 16.1. The largest absolute Gasteiger partial charge is 0.497 e. The van der Waals surface area contributed by atoms with Crippen molar-refractivity contribution in [1.29, 1.82) is 0 Å². The van der Waals surface area contributed by atoms with Crippen molar-refractivity contribution in [2.24, 2.45) is 0 Å². The van der Waals surface area contributed by atoms with Gasteiger partial charge in [-0.05, 0) is 40.2 Å². The first kappa shape index (κ1) is 13.4. The van der Waals surface area contributed by atoms with Gasteiger partial charge < -0.3 is 15.8 Å². The van der Waals surface area contributed by atoms with E-state index in [2.05, 4.69) is 26.2 Å². The van der Waals surface area contributed by atoms with Crippen molar-refractivity contribution in [2.75, 3.05) is 18.2 Å². The Kier molecular flexibility index (Phi) is 4.01. The average Bonchev–Trinajstić information content (AvgIpc) is 2.42. The number of hydrogen-bond donors (Lipinski definition) is 2. The number of rotatable bonds is 3. The van der Waals surface area contributed by atoms with E-state index in [4.69, 9.17) is 10.5 Å². The molecule has 0 saturated heterocycles. The van der Waals surface area contributed by atoms with Crippen molar-refractivity contribution >= 4 is 33.2 Å². The number of carbonyl (C=O) groups is 1. The Morgan fingerprint density at radius 3 is 2.89 bits per heavy atom. The lowest BCUT2D eigenvalue weighted by Gasteiger charge is -2.10. The second-order valence-electron chi connectivity index (χ2n) is 3.76. The fourth-order valence-electron chi connectivity index (χ4n) is 1.53. The minimum atomic E-state index is -0.302. The number of halogens is 1. The second-order valence-corrected chi connectivity index (χ2v) is 4.62. The zero-order chi connectivity index (χ0) is 13.8. The molecule has 3 N–H and O–H groups in total. The van der Waals surface area contributed by atoms with Gasteiger partial charge in [0.2, 0.25) is 0 Å². The summed E-state index contributed by atoms with van der Waals surface area (Å²) in [5, 5.41) is 2.76. The van der Waals surface area contributed by atoms with Crippen LogP contribution in [0, 0.1) is 0 Å². The molecule has 0 unspecified atom stereocenters. The predicted octanol–water partition coefficient (Wildman–Crippen LogP) is 2.69. The minimum Gasteiger partial charge on any atom is -0.497 e. The molecule has 2 aromatic rings. The molecular weight excluding hydrogens is 310 g/mol. The van der Waals surface area contributed by atoms with Gasteiger partial charge in [0.15, 0.2) is 0 Å². The normalized spacial score (nSPS) is 10.0. The maximum Gasteiger partial charge on any atom is 0.257 e. The first-order valence-electron chi connectivity index (χ1n) is 5.46. The first-order chi connectivity index (χ1) is 9.11. The van der Waals surface area contributed by atoms with E-state index in [1.807, 2.05) is 0 Å². The van der Waals surface area contributed by atoms with Crippen LogP contribution in [0.3, 0.4) is 0 Å². The molecule has 0 aliphatic carbocycles. The standard InChI is InChI=1S/C13H12BrN3O2/c1-19-8-2-3-11(15)9(6-8)13(18)17-12-4-5-16-7-10(12)14/h2-7H,15H2,1H3,(H,16,17,18). The van der Waals surface area contributed by atoms with E-state index in [-0.39, 0.29) is 5.91 Å². The van der Waals surface area contributed by atoms with E-state index in [1.54, 1.807) is 36.7 Å². The summed E-state index contributed by atoms with van der Waals surface area (Å²) in [6.45, 7) is 0. The Hall–Kier alpha value is -2.08. The summed E-state index contributed by atoms with van der Waals surface area (Å²) < 4.78 is 5.78. The molecule has 1 heterocycles. The molecule has 19 heavy (non-hydrogen) atoms. The maximum absolute atomic E-state index is 12.2. The SMILES string of the molecule is COc1ccc(N)c(C(=O)Nc2ccncc2Br)c1. The monoisotopic (exact) mass is 321 g/mol. The highest BCUT2D eigenvalue weighted by molar-refractivity contribution is 9.10. The quantitative estimate of drug-likeness (QED) is 0.852. The fraction of sp³-hybridized carbons (Fsp3) is 0.0769. The van der Waals surface area contributed by atoms with Gasteiger partial charge >= 0.3 is 0 Å². The van der Waals surface area contributed by atoms with Crippen LogP contribution in [-0.2, 0) is 0 Å². The number of ether oxygens (including phenoxy) is 1. The number of benzene rings is 1. The van der Waals surface area contributed by atoms with Crippen molar-refractivity contribution in [3.8, 4) is 5.75 Å². The molecular formula is C13H12BrN3O2. The third kappa shape index (κ3) is 3.03. The minimum absolute atomic E-state index is 0.302. The van der Waals surface area contributed by atoms with Crippen molar-refractivity contribution < 1.29 is 9.53 Å². The number of amides is 1. The molecule has 0 bridgehead atoms. The van der Waals surface area contributed by atoms with Gasteiger partial charge in [-0.25, -0.2) is 0 Å². The van der Waals surface area contributed by atoms with E-state index in [0.717, 1.165) is 0 Å². The van der Waals surface area contributed by atoms with Crippen LogP contribution in [0.2, 0.25) is 0 Å². The smallest absolute Gasteiger partial charge is 0.257 e. The summed E-state index contributed by atoms with van der Waals surface area (Å²) in [6.07, 6.45) is 3.19. The molecule has 1 aromatic carbocycles. The van der Waals surface area contributed by atoms with Crippen LogP contribution >= 0.6 is 15.9 Å². The third-order valence-corrected chi connectivity index (χ3v) is 3.16. The Balaban J connectivity index is 2.28. The topological polar surface area (TPSA) is 77.2 Å². The third-order valence-electron chi connectivity index (χ3n) is 2.53. The molecule has 0 radical (unpaired) electrons. The van der Waals surface area contributed by atoms with Gasteiger partial charge in [0.1, 0.15) is 5.75 Å². The Labute approximate surface area is 118 Å². The number of nitrogen functional groups attached to an aromatic ring is 1. The maximum atomic E-state index is 12.2. The molecule has 6 heteroatoms. The lowest BCUT2D eigenvalue weighted by Crippen LogP contribution is -2.14. The zero-order valence-electron chi connectivity index (χ0n) is 10.2. The first-order valence-corrected chi connectivity index (χ1v) is 6.25. The van der Waals surface area contributed by atoms with E-state index in [9.17, 15) is 4.79 Å². The molecule has 0 aliphatic rings. The van der Waals surface area contributed by atoms with Gasteiger partial charge in [-0.2, -0.15) is 0 Å². The highest BCUT2D eigenvalue weighted by atomic mass is 79.9.